The van der Waals surface area contributed by atoms with Crippen LogP contribution in [0.2, 0.25) is 0 Å². The number of nitrogens with zero attached hydrogens (tertiary/aromatic N) is 3. The number of hydrogen-bond donors (Lipinski definition) is 0. The van der Waals surface area contributed by atoms with Gasteiger partial charge in [0, 0.05) is 24.1 Å². The first-order chi connectivity index (χ1) is 17.6. The lowest BCUT2D eigenvalue weighted by atomic mass is 9.67. The minimum atomic E-state index is -2.89. The molecule has 0 spiro atoms. The van der Waals surface area contributed by atoms with Crippen molar-refractivity contribution in [1.82, 2.24) is 15.0 Å². The Kier molecular flexibility index (Phi) is 6.64. The quantitative estimate of drug-likeness (QED) is 0.341. The highest BCUT2D eigenvalue weighted by Crippen LogP contribution is 2.49. The van der Waals surface area contributed by atoms with Crippen LogP contribution < -0.4 is 4.74 Å². The van der Waals surface area contributed by atoms with Crippen molar-refractivity contribution in [3.8, 4) is 17.2 Å². The van der Waals surface area contributed by atoms with Crippen LogP contribution >= 0.6 is 0 Å². The highest BCUT2D eigenvalue weighted by Gasteiger charge is 2.52. The number of benzene rings is 2. The van der Waals surface area contributed by atoms with Crippen molar-refractivity contribution in [3.05, 3.63) is 66.0 Å². The molecule has 1 amide bonds. The summed E-state index contributed by atoms with van der Waals surface area (Å²) in [4.78, 5) is 19.9. The predicted octanol–water partition coefficient (Wildman–Crippen LogP) is 6.55. The summed E-state index contributed by atoms with van der Waals surface area (Å²) in [6.45, 7) is 3.16. The molecule has 2 aliphatic rings. The highest BCUT2D eigenvalue weighted by molar-refractivity contribution is 5.70. The first-order valence-electron chi connectivity index (χ1n) is 12.6. The molecule has 37 heavy (non-hydrogen) atoms. The van der Waals surface area contributed by atoms with Gasteiger partial charge in [0.25, 0.3) is 5.89 Å². The van der Waals surface area contributed by atoms with E-state index in [4.69, 9.17) is 9.26 Å². The third kappa shape index (κ3) is 5.60. The van der Waals surface area contributed by atoms with E-state index in [0.29, 0.717) is 23.8 Å². The Bertz CT molecular complexity index is 1220. The fourth-order valence-corrected chi connectivity index (χ4v) is 4.94. The van der Waals surface area contributed by atoms with E-state index in [0.717, 1.165) is 25.7 Å². The maximum atomic E-state index is 13.4. The number of carbonyl (C=O) groups is 1. The SMILES string of the molecule is CC(C)(C)OC(=O)N(CC1(c2noc(-c3ccc(OC(F)F)cc3)n2)CCC1)[C@H]1CC1c1ccccc1. The summed E-state index contributed by atoms with van der Waals surface area (Å²) in [5.41, 5.74) is 0.773. The van der Waals surface area contributed by atoms with Gasteiger partial charge < -0.3 is 18.9 Å². The second-order valence-electron chi connectivity index (χ2n) is 10.9. The molecule has 1 aromatic heterocycles. The maximum Gasteiger partial charge on any atom is 0.410 e. The third-order valence-corrected chi connectivity index (χ3v) is 7.02. The standard InChI is InChI=1S/C28H31F2N3O4/c1-27(2,3)36-26(34)33(22-16-21(22)18-8-5-4-6-9-18)17-28(14-7-15-28)24-31-23(37-32-24)19-10-12-20(13-11-19)35-25(29)30/h4-6,8-13,21-22,25H,7,14-17H2,1-3H3/t21?,22-/m0/s1. The van der Waals surface area contributed by atoms with Crippen molar-refractivity contribution in [2.45, 2.75) is 76.0 Å². The smallest absolute Gasteiger partial charge is 0.410 e. The van der Waals surface area contributed by atoms with Gasteiger partial charge in [-0.25, -0.2) is 4.79 Å². The third-order valence-electron chi connectivity index (χ3n) is 7.02. The average Bonchev–Trinajstić information content (AvgIpc) is 3.45. The van der Waals surface area contributed by atoms with Crippen LogP contribution in [0.1, 0.15) is 63.8 Å². The van der Waals surface area contributed by atoms with Crippen molar-refractivity contribution in [3.63, 3.8) is 0 Å². The molecule has 2 atom stereocenters. The number of carbonyl (C=O) groups excluding carboxylic acids is 1. The molecule has 0 aliphatic heterocycles. The summed E-state index contributed by atoms with van der Waals surface area (Å²) >= 11 is 0. The molecular formula is C28H31F2N3O4. The number of rotatable bonds is 8. The molecule has 0 radical (unpaired) electrons. The van der Waals surface area contributed by atoms with Gasteiger partial charge in [-0.15, -0.1) is 0 Å². The summed E-state index contributed by atoms with van der Waals surface area (Å²) in [5, 5.41) is 4.29. The molecule has 1 unspecified atom stereocenters. The van der Waals surface area contributed by atoms with Gasteiger partial charge in [-0.3, -0.25) is 0 Å². The van der Waals surface area contributed by atoms with Gasteiger partial charge in [-0.2, -0.15) is 13.8 Å². The van der Waals surface area contributed by atoms with Crippen LogP contribution in [0.4, 0.5) is 13.6 Å². The summed E-state index contributed by atoms with van der Waals surface area (Å²) < 4.78 is 40.7. The van der Waals surface area contributed by atoms with Gasteiger partial charge in [0.1, 0.15) is 11.4 Å². The van der Waals surface area contributed by atoms with Crippen molar-refractivity contribution in [2.75, 3.05) is 6.54 Å². The molecule has 9 heteroatoms. The molecule has 1 heterocycles. The Morgan fingerprint density at radius 1 is 1.14 bits per heavy atom. The molecule has 0 bridgehead atoms. The molecule has 7 nitrogen and oxygen atoms in total. The summed E-state index contributed by atoms with van der Waals surface area (Å²) in [6, 6.07) is 16.3. The van der Waals surface area contributed by atoms with Gasteiger partial charge in [0.2, 0.25) is 0 Å². The lowest BCUT2D eigenvalue weighted by Crippen LogP contribution is -2.50. The van der Waals surface area contributed by atoms with Crippen LogP contribution in [0.3, 0.4) is 0 Å². The Labute approximate surface area is 214 Å². The van der Waals surface area contributed by atoms with Crippen LogP contribution in [0.15, 0.2) is 59.1 Å². The van der Waals surface area contributed by atoms with Crippen LogP contribution in [0.25, 0.3) is 11.5 Å². The van der Waals surface area contributed by atoms with E-state index in [2.05, 4.69) is 27.0 Å². The van der Waals surface area contributed by atoms with Gasteiger partial charge in [-0.05, 0) is 69.9 Å². The topological polar surface area (TPSA) is 77.7 Å². The second-order valence-corrected chi connectivity index (χ2v) is 10.9. The normalized spacial score (nSPS) is 20.3. The number of alkyl halides is 2. The van der Waals surface area contributed by atoms with Gasteiger partial charge in [0.15, 0.2) is 5.82 Å². The van der Waals surface area contributed by atoms with E-state index < -0.39 is 17.6 Å². The first kappa shape index (κ1) is 25.2. The number of ether oxygens (including phenoxy) is 2. The molecular weight excluding hydrogens is 480 g/mol. The molecule has 2 saturated carbocycles. The van der Waals surface area contributed by atoms with Crippen molar-refractivity contribution >= 4 is 6.09 Å². The average molecular weight is 512 g/mol. The Morgan fingerprint density at radius 3 is 2.43 bits per heavy atom. The summed E-state index contributed by atoms with van der Waals surface area (Å²) in [6.07, 6.45) is 3.20. The lowest BCUT2D eigenvalue weighted by Gasteiger charge is -2.43. The molecule has 5 rings (SSSR count). The Morgan fingerprint density at radius 2 is 1.84 bits per heavy atom. The van der Waals surface area contributed by atoms with Crippen molar-refractivity contribution < 1.29 is 27.6 Å². The van der Waals surface area contributed by atoms with E-state index >= 15 is 0 Å². The van der Waals surface area contributed by atoms with E-state index in [1.807, 2.05) is 43.9 Å². The zero-order valence-electron chi connectivity index (χ0n) is 21.2. The zero-order valence-corrected chi connectivity index (χ0v) is 21.2. The van der Waals surface area contributed by atoms with Crippen LogP contribution in [0.5, 0.6) is 5.75 Å². The first-order valence-corrected chi connectivity index (χ1v) is 12.6. The minimum absolute atomic E-state index is 0.0449. The molecule has 2 aliphatic carbocycles. The van der Waals surface area contributed by atoms with E-state index in [-0.39, 0.29) is 23.8 Å². The van der Waals surface area contributed by atoms with Crippen molar-refractivity contribution in [1.29, 1.82) is 0 Å². The molecule has 2 aromatic carbocycles. The van der Waals surface area contributed by atoms with E-state index in [1.54, 1.807) is 12.1 Å². The zero-order chi connectivity index (χ0) is 26.2. The maximum absolute atomic E-state index is 13.4. The number of aromatic nitrogens is 2. The molecule has 0 saturated heterocycles. The minimum Gasteiger partial charge on any atom is -0.444 e. The Balaban J connectivity index is 1.37. The summed E-state index contributed by atoms with van der Waals surface area (Å²) in [7, 11) is 0. The van der Waals surface area contributed by atoms with E-state index in [9.17, 15) is 13.6 Å². The molecule has 0 N–H and O–H groups in total. The largest absolute Gasteiger partial charge is 0.444 e. The fourth-order valence-electron chi connectivity index (χ4n) is 4.94. The van der Waals surface area contributed by atoms with E-state index in [1.165, 1.54) is 17.7 Å². The monoisotopic (exact) mass is 511 g/mol. The van der Waals surface area contributed by atoms with Crippen LogP contribution in [0, 0.1) is 0 Å². The number of amides is 1. The van der Waals surface area contributed by atoms with Gasteiger partial charge >= 0.3 is 12.7 Å². The molecule has 2 fully saturated rings. The van der Waals surface area contributed by atoms with Crippen LogP contribution in [-0.4, -0.2) is 45.9 Å². The number of hydrogen-bond acceptors (Lipinski definition) is 6. The predicted molar refractivity (Wildman–Crippen MR) is 132 cm³/mol. The fraction of sp³-hybridized carbons (Fsp3) is 0.464. The summed E-state index contributed by atoms with van der Waals surface area (Å²) in [5.74, 6) is 1.16. The highest BCUT2D eigenvalue weighted by atomic mass is 19.3. The van der Waals surface area contributed by atoms with Crippen LogP contribution in [-0.2, 0) is 10.2 Å². The molecule has 3 aromatic rings. The van der Waals surface area contributed by atoms with Gasteiger partial charge in [-0.1, -0.05) is 41.9 Å². The molecule has 196 valence electrons. The Hall–Kier alpha value is -3.49. The van der Waals surface area contributed by atoms with Crippen molar-refractivity contribution in [2.24, 2.45) is 0 Å². The second kappa shape index (κ2) is 9.76. The lowest BCUT2D eigenvalue weighted by molar-refractivity contribution is -0.0498. The van der Waals surface area contributed by atoms with Gasteiger partial charge in [0.05, 0.1) is 5.41 Å². The number of halogens is 2.